The molecule has 0 atom stereocenters. The molecular formula is C15H19NO. The standard InChI is InChI=1S/C15H19NO/c1-7-8(2)10(4)14-13(9(7)3)11(5)16-15(14)12(6)17/h16H,1-6H3. The number of aromatic nitrogens is 1. The van der Waals surface area contributed by atoms with Crippen molar-refractivity contribution in [2.75, 3.05) is 0 Å². The van der Waals surface area contributed by atoms with Gasteiger partial charge in [0, 0.05) is 23.4 Å². The third kappa shape index (κ3) is 1.51. The summed E-state index contributed by atoms with van der Waals surface area (Å²) in [6.45, 7) is 12.2. The Hall–Kier alpha value is -1.57. The first-order valence-electron chi connectivity index (χ1n) is 5.95. The molecule has 1 aromatic carbocycles. The van der Waals surface area contributed by atoms with Crippen molar-refractivity contribution in [3.8, 4) is 0 Å². The van der Waals surface area contributed by atoms with Gasteiger partial charge in [-0.3, -0.25) is 4.79 Å². The van der Waals surface area contributed by atoms with E-state index in [0.717, 1.165) is 16.8 Å². The molecule has 2 aromatic rings. The summed E-state index contributed by atoms with van der Waals surface area (Å²) in [5.74, 6) is 0.105. The maximum Gasteiger partial charge on any atom is 0.176 e. The van der Waals surface area contributed by atoms with Crippen LogP contribution in [0, 0.1) is 34.6 Å². The molecule has 1 aromatic heterocycles. The molecule has 0 aliphatic carbocycles. The average molecular weight is 229 g/mol. The second kappa shape index (κ2) is 3.73. The number of hydrogen-bond acceptors (Lipinski definition) is 1. The highest BCUT2D eigenvalue weighted by Gasteiger charge is 2.18. The zero-order chi connectivity index (χ0) is 12.9. The van der Waals surface area contributed by atoms with E-state index in [9.17, 15) is 4.79 Å². The number of Topliss-reactive ketones (excluding diaryl/α,β-unsaturated/α-hetero) is 1. The first-order valence-corrected chi connectivity index (χ1v) is 5.95. The van der Waals surface area contributed by atoms with E-state index >= 15 is 0 Å². The molecule has 0 radical (unpaired) electrons. The highest BCUT2D eigenvalue weighted by atomic mass is 16.1. The van der Waals surface area contributed by atoms with Crippen molar-refractivity contribution in [2.24, 2.45) is 0 Å². The summed E-state index contributed by atoms with van der Waals surface area (Å²) in [5.41, 5.74) is 6.96. The lowest BCUT2D eigenvalue weighted by Gasteiger charge is -2.12. The maximum absolute atomic E-state index is 11.7. The van der Waals surface area contributed by atoms with Gasteiger partial charge in [-0.1, -0.05) is 0 Å². The Bertz CT molecular complexity index is 632. The molecule has 0 unspecified atom stereocenters. The minimum atomic E-state index is 0.105. The highest BCUT2D eigenvalue weighted by molar-refractivity contribution is 6.09. The van der Waals surface area contributed by atoms with Gasteiger partial charge in [0.15, 0.2) is 5.78 Å². The van der Waals surface area contributed by atoms with Gasteiger partial charge in [-0.05, 0) is 56.9 Å². The predicted octanol–water partition coefficient (Wildman–Crippen LogP) is 3.91. The fourth-order valence-corrected chi connectivity index (χ4v) is 2.67. The second-order valence-electron chi connectivity index (χ2n) is 4.93. The van der Waals surface area contributed by atoms with E-state index in [4.69, 9.17) is 0 Å². The number of rotatable bonds is 1. The van der Waals surface area contributed by atoms with Gasteiger partial charge in [-0.15, -0.1) is 0 Å². The number of nitrogens with one attached hydrogen (secondary N) is 1. The lowest BCUT2D eigenvalue weighted by molar-refractivity contribution is 0.101. The van der Waals surface area contributed by atoms with Crippen LogP contribution in [0.25, 0.3) is 10.8 Å². The van der Waals surface area contributed by atoms with E-state index in [1.165, 1.54) is 27.6 Å². The fourth-order valence-electron chi connectivity index (χ4n) is 2.67. The minimum absolute atomic E-state index is 0.105. The summed E-state index contributed by atoms with van der Waals surface area (Å²) in [6, 6.07) is 0. The van der Waals surface area contributed by atoms with E-state index in [-0.39, 0.29) is 5.78 Å². The fraction of sp³-hybridized carbons (Fsp3) is 0.400. The summed E-state index contributed by atoms with van der Waals surface area (Å²) in [6.07, 6.45) is 0. The van der Waals surface area contributed by atoms with Gasteiger partial charge in [-0.25, -0.2) is 0 Å². The molecule has 17 heavy (non-hydrogen) atoms. The zero-order valence-corrected chi connectivity index (χ0v) is 11.4. The molecule has 0 spiro atoms. The molecule has 0 saturated carbocycles. The molecule has 1 heterocycles. The van der Waals surface area contributed by atoms with Crippen LogP contribution in [0.5, 0.6) is 0 Å². The predicted molar refractivity (Wildman–Crippen MR) is 72.0 cm³/mol. The van der Waals surface area contributed by atoms with Crippen LogP contribution >= 0.6 is 0 Å². The molecule has 2 heteroatoms. The monoisotopic (exact) mass is 229 g/mol. The number of hydrogen-bond donors (Lipinski definition) is 1. The van der Waals surface area contributed by atoms with E-state index < -0.39 is 0 Å². The summed E-state index contributed by atoms with van der Waals surface area (Å²) < 4.78 is 0. The van der Waals surface area contributed by atoms with Crippen molar-refractivity contribution in [3.63, 3.8) is 0 Å². The molecular weight excluding hydrogens is 210 g/mol. The third-order valence-corrected chi connectivity index (χ3v) is 3.98. The summed E-state index contributed by atoms with van der Waals surface area (Å²) in [4.78, 5) is 14.9. The van der Waals surface area contributed by atoms with Crippen LogP contribution in [-0.4, -0.2) is 10.8 Å². The largest absolute Gasteiger partial charge is 0.355 e. The number of ketones is 1. The smallest absolute Gasteiger partial charge is 0.176 e. The number of aryl methyl sites for hydroxylation is 3. The Kier molecular flexibility index (Phi) is 2.61. The van der Waals surface area contributed by atoms with E-state index in [1.54, 1.807) is 6.92 Å². The number of carbonyl (C=O) groups is 1. The van der Waals surface area contributed by atoms with Crippen LogP contribution in [-0.2, 0) is 0 Å². The highest BCUT2D eigenvalue weighted by Crippen LogP contribution is 2.33. The summed E-state index contributed by atoms with van der Waals surface area (Å²) >= 11 is 0. The number of H-pyrrole nitrogens is 1. The molecule has 0 fully saturated rings. The number of carbonyl (C=O) groups excluding carboxylic acids is 1. The van der Waals surface area contributed by atoms with Crippen molar-refractivity contribution >= 4 is 16.6 Å². The van der Waals surface area contributed by atoms with E-state index in [0.29, 0.717) is 0 Å². The molecule has 2 rings (SSSR count). The van der Waals surface area contributed by atoms with Crippen molar-refractivity contribution in [1.82, 2.24) is 4.98 Å². The number of aromatic amines is 1. The van der Waals surface area contributed by atoms with Crippen molar-refractivity contribution in [2.45, 2.75) is 41.5 Å². The van der Waals surface area contributed by atoms with Gasteiger partial charge in [-0.2, -0.15) is 0 Å². The van der Waals surface area contributed by atoms with Gasteiger partial charge in [0.05, 0.1) is 5.69 Å². The lowest BCUT2D eigenvalue weighted by atomic mass is 9.92. The molecule has 0 bridgehead atoms. The van der Waals surface area contributed by atoms with Gasteiger partial charge < -0.3 is 4.98 Å². The Morgan fingerprint density at radius 2 is 1.29 bits per heavy atom. The zero-order valence-electron chi connectivity index (χ0n) is 11.4. The first-order chi connectivity index (χ1) is 7.86. The van der Waals surface area contributed by atoms with Gasteiger partial charge in [0.1, 0.15) is 0 Å². The summed E-state index contributed by atoms with van der Waals surface area (Å²) in [7, 11) is 0. The molecule has 0 aliphatic heterocycles. The molecule has 0 amide bonds. The van der Waals surface area contributed by atoms with Crippen LogP contribution < -0.4 is 0 Å². The molecule has 2 nitrogen and oxygen atoms in total. The Labute approximate surface area is 102 Å². The molecule has 1 N–H and O–H groups in total. The third-order valence-electron chi connectivity index (χ3n) is 3.98. The van der Waals surface area contributed by atoms with Crippen LogP contribution in [0.15, 0.2) is 0 Å². The average Bonchev–Trinajstić information content (AvgIpc) is 2.61. The van der Waals surface area contributed by atoms with Crippen LogP contribution in [0.1, 0.15) is 45.4 Å². The Morgan fingerprint density at radius 1 is 0.824 bits per heavy atom. The maximum atomic E-state index is 11.7. The number of fused-ring (bicyclic) bond motifs is 1. The summed E-state index contributed by atoms with van der Waals surface area (Å²) in [5, 5.41) is 2.33. The van der Waals surface area contributed by atoms with Crippen LogP contribution in [0.2, 0.25) is 0 Å². The van der Waals surface area contributed by atoms with Gasteiger partial charge >= 0.3 is 0 Å². The molecule has 0 aliphatic rings. The topological polar surface area (TPSA) is 32.9 Å². The van der Waals surface area contributed by atoms with Crippen molar-refractivity contribution in [3.05, 3.63) is 33.6 Å². The first kappa shape index (κ1) is 11.9. The quantitative estimate of drug-likeness (QED) is 0.739. The minimum Gasteiger partial charge on any atom is -0.355 e. The van der Waals surface area contributed by atoms with Crippen molar-refractivity contribution < 1.29 is 4.79 Å². The molecule has 90 valence electrons. The lowest BCUT2D eigenvalue weighted by Crippen LogP contribution is -1.97. The van der Waals surface area contributed by atoms with Gasteiger partial charge in [0.2, 0.25) is 0 Å². The molecule has 0 saturated heterocycles. The van der Waals surface area contributed by atoms with Crippen molar-refractivity contribution in [1.29, 1.82) is 0 Å². The van der Waals surface area contributed by atoms with E-state index in [1.807, 2.05) is 6.92 Å². The van der Waals surface area contributed by atoms with Gasteiger partial charge in [0.25, 0.3) is 0 Å². The SMILES string of the molecule is CC(=O)c1[nH]c(C)c2c(C)c(C)c(C)c(C)c12. The second-order valence-corrected chi connectivity index (χ2v) is 4.93. The Morgan fingerprint density at radius 3 is 1.76 bits per heavy atom. The Balaban J connectivity index is 3.08. The normalized spacial score (nSPS) is 11.2. The number of benzene rings is 1. The van der Waals surface area contributed by atoms with Crippen LogP contribution in [0.4, 0.5) is 0 Å². The van der Waals surface area contributed by atoms with E-state index in [2.05, 4.69) is 32.7 Å². The van der Waals surface area contributed by atoms with Crippen LogP contribution in [0.3, 0.4) is 0 Å².